The minimum atomic E-state index is 0.349. The van der Waals surface area contributed by atoms with Gasteiger partial charge in [-0.1, -0.05) is 11.3 Å². The second-order valence-corrected chi connectivity index (χ2v) is 4.60. The van der Waals surface area contributed by atoms with Crippen LogP contribution in [0.15, 0.2) is 6.20 Å². The van der Waals surface area contributed by atoms with Gasteiger partial charge in [0.2, 0.25) is 5.95 Å². The molecule has 0 aliphatic heterocycles. The molecule has 0 spiro atoms. The van der Waals surface area contributed by atoms with Gasteiger partial charge in [-0.2, -0.15) is 0 Å². The fraction of sp³-hybridized carbons (Fsp3) is 0.444. The highest BCUT2D eigenvalue weighted by Crippen LogP contribution is 2.19. The summed E-state index contributed by atoms with van der Waals surface area (Å²) in [5.74, 6) is 0.677. The zero-order chi connectivity index (χ0) is 10.1. The number of fused-ring (bicyclic) bond motifs is 1. The van der Waals surface area contributed by atoms with E-state index in [1.165, 1.54) is 0 Å². The van der Waals surface area contributed by atoms with Crippen LogP contribution < -0.4 is 5.32 Å². The molecule has 0 aliphatic rings. The number of hydrogen-bond acceptors (Lipinski definition) is 5. The maximum absolute atomic E-state index is 4.37. The van der Waals surface area contributed by atoms with E-state index in [4.69, 9.17) is 0 Å². The molecule has 0 unspecified atom stereocenters. The quantitative estimate of drug-likeness (QED) is 0.822. The first-order chi connectivity index (χ1) is 6.65. The van der Waals surface area contributed by atoms with E-state index in [-0.39, 0.29) is 0 Å². The van der Waals surface area contributed by atoms with Crippen LogP contribution in [0.4, 0.5) is 5.95 Å². The minimum absolute atomic E-state index is 0.349. The largest absolute Gasteiger partial charge is 0.352 e. The van der Waals surface area contributed by atoms with Crippen molar-refractivity contribution < 1.29 is 0 Å². The summed E-state index contributed by atoms with van der Waals surface area (Å²) in [4.78, 5) is 13.8. The summed E-state index contributed by atoms with van der Waals surface area (Å²) in [6.45, 7) is 6.10. The third-order valence-electron chi connectivity index (χ3n) is 1.68. The Morgan fingerprint density at radius 3 is 2.86 bits per heavy atom. The van der Waals surface area contributed by atoms with Crippen LogP contribution >= 0.6 is 11.3 Å². The van der Waals surface area contributed by atoms with E-state index in [0.717, 1.165) is 15.4 Å². The van der Waals surface area contributed by atoms with Gasteiger partial charge >= 0.3 is 0 Å². The lowest BCUT2D eigenvalue weighted by Gasteiger charge is -2.06. The van der Waals surface area contributed by atoms with Crippen LogP contribution in [0, 0.1) is 6.92 Å². The third-order valence-corrected chi connectivity index (χ3v) is 2.56. The molecule has 2 aromatic heterocycles. The van der Waals surface area contributed by atoms with Gasteiger partial charge in [0.05, 0.1) is 11.2 Å². The van der Waals surface area contributed by atoms with E-state index in [9.17, 15) is 0 Å². The average Bonchev–Trinajstić information content (AvgIpc) is 2.42. The summed E-state index contributed by atoms with van der Waals surface area (Å²) < 4.78 is 0. The number of nitrogens with one attached hydrogen (secondary N) is 1. The van der Waals surface area contributed by atoms with Gasteiger partial charge in [0.1, 0.15) is 10.3 Å². The fourth-order valence-electron chi connectivity index (χ4n) is 1.17. The molecule has 4 nitrogen and oxygen atoms in total. The molecule has 0 aliphatic carbocycles. The Bertz CT molecular complexity index is 449. The van der Waals surface area contributed by atoms with Gasteiger partial charge in [-0.25, -0.2) is 15.0 Å². The van der Waals surface area contributed by atoms with Crippen LogP contribution in [-0.4, -0.2) is 21.0 Å². The number of aryl methyl sites for hydroxylation is 1. The van der Waals surface area contributed by atoms with Crippen molar-refractivity contribution in [2.24, 2.45) is 0 Å². The second kappa shape index (κ2) is 3.49. The Kier molecular flexibility index (Phi) is 2.33. The van der Waals surface area contributed by atoms with Crippen molar-refractivity contribution in [3.8, 4) is 0 Å². The van der Waals surface area contributed by atoms with Crippen LogP contribution in [0.5, 0.6) is 0 Å². The molecule has 0 radical (unpaired) electrons. The maximum atomic E-state index is 4.37. The molecule has 74 valence electrons. The van der Waals surface area contributed by atoms with Crippen molar-refractivity contribution in [2.75, 3.05) is 5.32 Å². The molecule has 0 bridgehead atoms. The molecule has 0 fully saturated rings. The predicted molar refractivity (Wildman–Crippen MR) is 58.7 cm³/mol. The molecule has 0 amide bonds. The van der Waals surface area contributed by atoms with Crippen molar-refractivity contribution in [1.82, 2.24) is 15.0 Å². The van der Waals surface area contributed by atoms with Crippen molar-refractivity contribution in [1.29, 1.82) is 0 Å². The number of aromatic nitrogens is 3. The van der Waals surface area contributed by atoms with Crippen LogP contribution in [0.3, 0.4) is 0 Å². The van der Waals surface area contributed by atoms with E-state index in [1.54, 1.807) is 17.5 Å². The molecule has 14 heavy (non-hydrogen) atoms. The molecule has 2 rings (SSSR count). The first-order valence-corrected chi connectivity index (χ1v) is 5.33. The van der Waals surface area contributed by atoms with Crippen LogP contribution in [0.1, 0.15) is 18.9 Å². The van der Waals surface area contributed by atoms with E-state index in [0.29, 0.717) is 12.0 Å². The first-order valence-electron chi connectivity index (χ1n) is 4.52. The van der Waals surface area contributed by atoms with E-state index in [1.807, 2.05) is 6.92 Å². The third kappa shape index (κ3) is 1.82. The van der Waals surface area contributed by atoms with Gasteiger partial charge in [0.15, 0.2) is 0 Å². The lowest BCUT2D eigenvalue weighted by molar-refractivity contribution is 0.878. The number of nitrogens with zero attached hydrogens (tertiary/aromatic N) is 3. The lowest BCUT2D eigenvalue weighted by Crippen LogP contribution is -2.12. The SMILES string of the molecule is Cc1nc2cnc(NC(C)C)nc2s1. The molecule has 5 heteroatoms. The van der Waals surface area contributed by atoms with E-state index in [2.05, 4.69) is 34.1 Å². The standard InChI is InChI=1S/C9H12N4S/c1-5(2)11-9-10-4-7-8(13-9)14-6(3)12-7/h4-5H,1-3H3,(H,10,11,13). The van der Waals surface area contributed by atoms with Gasteiger partial charge in [-0.15, -0.1) is 0 Å². The summed E-state index contributed by atoms with van der Waals surface area (Å²) in [7, 11) is 0. The molecule has 2 heterocycles. The highest BCUT2D eigenvalue weighted by Gasteiger charge is 2.04. The topological polar surface area (TPSA) is 50.7 Å². The Balaban J connectivity index is 2.40. The van der Waals surface area contributed by atoms with Gasteiger partial charge in [0.25, 0.3) is 0 Å². The average molecular weight is 208 g/mol. The van der Waals surface area contributed by atoms with Crippen molar-refractivity contribution in [3.05, 3.63) is 11.2 Å². The zero-order valence-electron chi connectivity index (χ0n) is 8.40. The minimum Gasteiger partial charge on any atom is -0.352 e. The second-order valence-electron chi connectivity index (χ2n) is 3.42. The molecule has 0 saturated carbocycles. The van der Waals surface area contributed by atoms with Crippen LogP contribution in [0.25, 0.3) is 10.3 Å². The van der Waals surface area contributed by atoms with E-state index < -0.39 is 0 Å². The highest BCUT2D eigenvalue weighted by molar-refractivity contribution is 7.18. The maximum Gasteiger partial charge on any atom is 0.224 e. The monoisotopic (exact) mass is 208 g/mol. The summed E-state index contributed by atoms with van der Waals surface area (Å²) >= 11 is 1.59. The predicted octanol–water partition coefficient (Wildman–Crippen LogP) is 2.22. The Morgan fingerprint density at radius 2 is 2.14 bits per heavy atom. The summed E-state index contributed by atoms with van der Waals surface area (Å²) in [5.41, 5.74) is 0.877. The van der Waals surface area contributed by atoms with Crippen molar-refractivity contribution >= 4 is 27.6 Å². The van der Waals surface area contributed by atoms with Gasteiger partial charge in [-0.3, -0.25) is 0 Å². The zero-order valence-corrected chi connectivity index (χ0v) is 9.22. The molecule has 0 aromatic carbocycles. The van der Waals surface area contributed by atoms with Gasteiger partial charge < -0.3 is 5.32 Å². The van der Waals surface area contributed by atoms with Crippen molar-refractivity contribution in [3.63, 3.8) is 0 Å². The summed E-state index contributed by atoms with van der Waals surface area (Å²) in [6.07, 6.45) is 1.76. The van der Waals surface area contributed by atoms with Crippen LogP contribution in [0.2, 0.25) is 0 Å². The fourth-order valence-corrected chi connectivity index (χ4v) is 1.93. The normalized spacial score (nSPS) is 11.1. The number of hydrogen-bond donors (Lipinski definition) is 1. The lowest BCUT2D eigenvalue weighted by atomic mass is 10.4. The Hall–Kier alpha value is -1.23. The number of thiazole rings is 1. The molecule has 0 saturated heterocycles. The van der Waals surface area contributed by atoms with Crippen LogP contribution in [-0.2, 0) is 0 Å². The van der Waals surface area contributed by atoms with E-state index >= 15 is 0 Å². The highest BCUT2D eigenvalue weighted by atomic mass is 32.1. The molecule has 1 N–H and O–H groups in total. The van der Waals surface area contributed by atoms with Gasteiger partial charge in [-0.05, 0) is 20.8 Å². The molecule has 2 aromatic rings. The Morgan fingerprint density at radius 1 is 1.36 bits per heavy atom. The van der Waals surface area contributed by atoms with Crippen molar-refractivity contribution in [2.45, 2.75) is 26.8 Å². The summed E-state index contributed by atoms with van der Waals surface area (Å²) in [6, 6.07) is 0.349. The smallest absolute Gasteiger partial charge is 0.224 e. The molecular weight excluding hydrogens is 196 g/mol. The van der Waals surface area contributed by atoms with Gasteiger partial charge in [0, 0.05) is 6.04 Å². The summed E-state index contributed by atoms with van der Waals surface area (Å²) in [5, 5.41) is 4.19. The first kappa shape index (κ1) is 9.33. The number of rotatable bonds is 2. The molecular formula is C9H12N4S. The Labute approximate surface area is 86.4 Å². The molecule has 0 atom stereocenters. The number of anilines is 1.